The van der Waals surface area contributed by atoms with E-state index in [0.29, 0.717) is 12.1 Å². The van der Waals surface area contributed by atoms with Gasteiger partial charge in [0.15, 0.2) is 5.78 Å². The van der Waals surface area contributed by atoms with E-state index in [4.69, 9.17) is 0 Å². The predicted octanol–water partition coefficient (Wildman–Crippen LogP) is 2.73. The molecule has 0 aromatic heterocycles. The molecule has 0 radical (unpaired) electrons. The molecule has 19 heavy (non-hydrogen) atoms. The first-order valence-corrected chi connectivity index (χ1v) is 6.73. The van der Waals surface area contributed by atoms with Crippen LogP contribution in [0.1, 0.15) is 23.2 Å². The Balaban J connectivity index is 2.08. The summed E-state index contributed by atoms with van der Waals surface area (Å²) in [7, 11) is 0. The molecular formula is C16H17NO2. The van der Waals surface area contributed by atoms with E-state index in [2.05, 4.69) is 5.32 Å². The standard InChI is InChI=1S/C16H17NO2/c18-14-8-7-11-4-1-2-6-13(11)15(14)16(19)12-5-3-9-17-10-12/h1-2,4,6-8,12,17-18H,3,5,9-10H2. The van der Waals surface area contributed by atoms with Crippen LogP contribution in [0.15, 0.2) is 36.4 Å². The Morgan fingerprint density at radius 1 is 1.21 bits per heavy atom. The lowest BCUT2D eigenvalue weighted by Gasteiger charge is -2.22. The monoisotopic (exact) mass is 255 g/mol. The zero-order chi connectivity index (χ0) is 13.2. The Labute approximate surface area is 112 Å². The number of Topliss-reactive ketones (excluding diaryl/α,β-unsaturated/α-hetero) is 1. The topological polar surface area (TPSA) is 49.3 Å². The second-order valence-electron chi connectivity index (χ2n) is 5.09. The SMILES string of the molecule is O=C(c1c(O)ccc2ccccc12)C1CCCNC1. The van der Waals surface area contributed by atoms with E-state index in [0.717, 1.165) is 30.2 Å². The van der Waals surface area contributed by atoms with Gasteiger partial charge >= 0.3 is 0 Å². The number of ketones is 1. The highest BCUT2D eigenvalue weighted by Gasteiger charge is 2.25. The van der Waals surface area contributed by atoms with E-state index in [1.54, 1.807) is 6.07 Å². The average Bonchev–Trinajstić information content (AvgIpc) is 2.47. The fourth-order valence-electron chi connectivity index (χ4n) is 2.80. The first-order chi connectivity index (χ1) is 9.27. The summed E-state index contributed by atoms with van der Waals surface area (Å²) in [6, 6.07) is 11.2. The number of phenols is 1. The molecule has 1 aliphatic rings. The van der Waals surface area contributed by atoms with Crippen molar-refractivity contribution in [3.8, 4) is 5.75 Å². The first-order valence-electron chi connectivity index (χ1n) is 6.73. The van der Waals surface area contributed by atoms with Gasteiger partial charge in [0, 0.05) is 12.5 Å². The lowest BCUT2D eigenvalue weighted by Crippen LogP contribution is -2.34. The maximum absolute atomic E-state index is 12.6. The molecule has 2 N–H and O–H groups in total. The van der Waals surface area contributed by atoms with Crippen LogP contribution in [0, 0.1) is 5.92 Å². The molecule has 0 saturated carbocycles. The summed E-state index contributed by atoms with van der Waals surface area (Å²) in [5, 5.41) is 15.2. The number of nitrogens with one attached hydrogen (secondary N) is 1. The first kappa shape index (κ1) is 12.2. The van der Waals surface area contributed by atoms with Crippen molar-refractivity contribution in [2.45, 2.75) is 12.8 Å². The smallest absolute Gasteiger partial charge is 0.171 e. The van der Waals surface area contributed by atoms with Crippen molar-refractivity contribution in [1.82, 2.24) is 5.32 Å². The Kier molecular flexibility index (Phi) is 3.22. The van der Waals surface area contributed by atoms with Gasteiger partial charge in [0.1, 0.15) is 5.75 Å². The van der Waals surface area contributed by atoms with Crippen molar-refractivity contribution < 1.29 is 9.90 Å². The number of phenolic OH excluding ortho intramolecular Hbond substituents is 1. The number of benzene rings is 2. The highest BCUT2D eigenvalue weighted by Crippen LogP contribution is 2.30. The molecule has 0 spiro atoms. The Morgan fingerprint density at radius 2 is 2.05 bits per heavy atom. The van der Waals surface area contributed by atoms with E-state index in [1.165, 1.54) is 0 Å². The number of hydrogen-bond acceptors (Lipinski definition) is 3. The summed E-state index contributed by atoms with van der Waals surface area (Å²) in [5.74, 6) is 0.126. The Morgan fingerprint density at radius 3 is 2.84 bits per heavy atom. The maximum Gasteiger partial charge on any atom is 0.171 e. The van der Waals surface area contributed by atoms with Crippen LogP contribution >= 0.6 is 0 Å². The number of hydrogen-bond donors (Lipinski definition) is 2. The van der Waals surface area contributed by atoms with Gasteiger partial charge in [-0.15, -0.1) is 0 Å². The van der Waals surface area contributed by atoms with Crippen LogP contribution in [-0.2, 0) is 0 Å². The van der Waals surface area contributed by atoms with Crippen LogP contribution in [0.3, 0.4) is 0 Å². The molecule has 1 fully saturated rings. The summed E-state index contributed by atoms with van der Waals surface area (Å²) >= 11 is 0. The van der Waals surface area contributed by atoms with Crippen LogP contribution in [0.2, 0.25) is 0 Å². The Hall–Kier alpha value is -1.87. The minimum Gasteiger partial charge on any atom is -0.507 e. The van der Waals surface area contributed by atoms with Crippen LogP contribution in [0.4, 0.5) is 0 Å². The normalized spacial score (nSPS) is 19.5. The molecule has 0 amide bonds. The van der Waals surface area contributed by atoms with Gasteiger partial charge in [-0.1, -0.05) is 30.3 Å². The van der Waals surface area contributed by atoms with E-state index < -0.39 is 0 Å². The average molecular weight is 255 g/mol. The van der Waals surface area contributed by atoms with Crippen molar-refractivity contribution in [2.24, 2.45) is 5.92 Å². The van der Waals surface area contributed by atoms with E-state index in [-0.39, 0.29) is 17.5 Å². The van der Waals surface area contributed by atoms with Crippen LogP contribution in [-0.4, -0.2) is 24.0 Å². The molecule has 1 atom stereocenters. The summed E-state index contributed by atoms with van der Waals surface area (Å²) in [4.78, 5) is 12.6. The van der Waals surface area contributed by atoms with E-state index in [9.17, 15) is 9.90 Å². The fourth-order valence-corrected chi connectivity index (χ4v) is 2.80. The van der Waals surface area contributed by atoms with E-state index >= 15 is 0 Å². The molecule has 2 aromatic rings. The van der Waals surface area contributed by atoms with Gasteiger partial charge < -0.3 is 10.4 Å². The van der Waals surface area contributed by atoms with Gasteiger partial charge in [-0.2, -0.15) is 0 Å². The predicted molar refractivity (Wildman–Crippen MR) is 75.5 cm³/mol. The van der Waals surface area contributed by atoms with Crippen LogP contribution < -0.4 is 5.32 Å². The molecule has 1 heterocycles. The molecule has 98 valence electrons. The number of rotatable bonds is 2. The van der Waals surface area contributed by atoms with Gasteiger partial charge in [-0.25, -0.2) is 0 Å². The summed E-state index contributed by atoms with van der Waals surface area (Å²) in [6.07, 6.45) is 1.91. The molecule has 0 bridgehead atoms. The second-order valence-corrected chi connectivity index (χ2v) is 5.09. The van der Waals surface area contributed by atoms with Gasteiger partial charge in [0.25, 0.3) is 0 Å². The van der Waals surface area contributed by atoms with Crippen LogP contribution in [0.5, 0.6) is 5.75 Å². The van der Waals surface area contributed by atoms with Crippen molar-refractivity contribution in [3.05, 3.63) is 42.0 Å². The number of aromatic hydroxyl groups is 1. The molecule has 1 saturated heterocycles. The van der Waals surface area contributed by atoms with Crippen molar-refractivity contribution in [2.75, 3.05) is 13.1 Å². The molecule has 3 nitrogen and oxygen atoms in total. The third-order valence-corrected chi connectivity index (χ3v) is 3.82. The van der Waals surface area contributed by atoms with Gasteiger partial charge in [0.2, 0.25) is 0 Å². The highest BCUT2D eigenvalue weighted by atomic mass is 16.3. The van der Waals surface area contributed by atoms with Crippen molar-refractivity contribution >= 4 is 16.6 Å². The quantitative estimate of drug-likeness (QED) is 0.811. The third-order valence-electron chi connectivity index (χ3n) is 3.82. The lowest BCUT2D eigenvalue weighted by molar-refractivity contribution is 0.0899. The number of carbonyl (C=O) groups is 1. The summed E-state index contributed by atoms with van der Waals surface area (Å²) in [6.45, 7) is 1.69. The second kappa shape index (κ2) is 5.02. The van der Waals surface area contributed by atoms with Crippen molar-refractivity contribution in [3.63, 3.8) is 0 Å². The molecule has 0 aliphatic carbocycles. The van der Waals surface area contributed by atoms with Crippen molar-refractivity contribution in [1.29, 1.82) is 0 Å². The zero-order valence-corrected chi connectivity index (χ0v) is 10.7. The molecule has 1 unspecified atom stereocenters. The molecule has 3 rings (SSSR count). The molecule has 1 aliphatic heterocycles. The number of fused-ring (bicyclic) bond motifs is 1. The minimum atomic E-state index is -0.0227. The molecule has 2 aromatic carbocycles. The zero-order valence-electron chi connectivity index (χ0n) is 10.7. The number of carbonyl (C=O) groups excluding carboxylic acids is 1. The lowest BCUT2D eigenvalue weighted by atomic mass is 9.88. The third kappa shape index (κ3) is 2.22. The largest absolute Gasteiger partial charge is 0.507 e. The van der Waals surface area contributed by atoms with Gasteiger partial charge in [-0.3, -0.25) is 4.79 Å². The molecular weight excluding hydrogens is 238 g/mol. The highest BCUT2D eigenvalue weighted by molar-refractivity contribution is 6.11. The van der Waals surface area contributed by atoms with Gasteiger partial charge in [-0.05, 0) is 36.2 Å². The fraction of sp³-hybridized carbons (Fsp3) is 0.312. The summed E-state index contributed by atoms with van der Waals surface area (Å²) in [5.41, 5.74) is 0.479. The Bertz CT molecular complexity index is 615. The number of piperidine rings is 1. The summed E-state index contributed by atoms with van der Waals surface area (Å²) < 4.78 is 0. The molecule has 3 heteroatoms. The minimum absolute atomic E-state index is 0.0227. The van der Waals surface area contributed by atoms with Gasteiger partial charge in [0.05, 0.1) is 5.56 Å². The maximum atomic E-state index is 12.6. The van der Waals surface area contributed by atoms with E-state index in [1.807, 2.05) is 30.3 Å². The van der Waals surface area contributed by atoms with Crippen LogP contribution in [0.25, 0.3) is 10.8 Å².